The SMILES string of the molecule is C=C(C)/C(=C\c1[nH]cc(Cl)c1N)c1ccccc1C. The van der Waals surface area contributed by atoms with E-state index in [9.17, 15) is 0 Å². The lowest BCUT2D eigenvalue weighted by atomic mass is 9.95. The number of anilines is 1. The van der Waals surface area contributed by atoms with Gasteiger partial charge in [-0.05, 0) is 36.6 Å². The number of hydrogen-bond donors (Lipinski definition) is 2. The molecule has 0 aliphatic rings. The third-order valence-corrected chi connectivity index (χ3v) is 3.40. The van der Waals surface area contributed by atoms with Gasteiger partial charge in [0.05, 0.1) is 16.4 Å². The summed E-state index contributed by atoms with van der Waals surface area (Å²) in [4.78, 5) is 3.07. The Balaban J connectivity index is 2.56. The molecule has 0 saturated heterocycles. The highest BCUT2D eigenvalue weighted by Crippen LogP contribution is 2.30. The number of halogens is 1. The molecule has 0 radical (unpaired) electrons. The van der Waals surface area contributed by atoms with E-state index in [-0.39, 0.29) is 0 Å². The summed E-state index contributed by atoms with van der Waals surface area (Å²) in [5.41, 5.74) is 11.7. The standard InChI is InChI=1S/C16H17ClN2/c1-10(2)13(12-7-5-4-6-11(12)3)8-15-16(18)14(17)9-19-15/h4-9,19H,1,18H2,2-3H3/b13-8+. The van der Waals surface area contributed by atoms with Crippen LogP contribution in [0.5, 0.6) is 0 Å². The fraction of sp³-hybridized carbons (Fsp3) is 0.125. The third-order valence-electron chi connectivity index (χ3n) is 3.09. The lowest BCUT2D eigenvalue weighted by molar-refractivity contribution is 1.37. The molecule has 0 amide bonds. The van der Waals surface area contributed by atoms with E-state index in [1.54, 1.807) is 6.20 Å². The van der Waals surface area contributed by atoms with Gasteiger partial charge in [-0.1, -0.05) is 48.0 Å². The highest BCUT2D eigenvalue weighted by Gasteiger charge is 2.09. The van der Waals surface area contributed by atoms with E-state index in [0.29, 0.717) is 10.7 Å². The van der Waals surface area contributed by atoms with Crippen LogP contribution in [-0.4, -0.2) is 4.98 Å². The summed E-state index contributed by atoms with van der Waals surface area (Å²) in [5, 5.41) is 0.539. The topological polar surface area (TPSA) is 41.8 Å². The van der Waals surface area contributed by atoms with E-state index in [1.807, 2.05) is 25.1 Å². The molecule has 0 atom stereocenters. The molecular weight excluding hydrogens is 256 g/mol. The van der Waals surface area contributed by atoms with E-state index in [4.69, 9.17) is 17.3 Å². The maximum atomic E-state index is 5.96. The van der Waals surface area contributed by atoms with Crippen molar-refractivity contribution in [2.75, 3.05) is 5.73 Å². The van der Waals surface area contributed by atoms with Gasteiger partial charge in [0.2, 0.25) is 0 Å². The molecule has 2 nitrogen and oxygen atoms in total. The van der Waals surface area contributed by atoms with Crippen molar-refractivity contribution < 1.29 is 0 Å². The van der Waals surface area contributed by atoms with Crippen LogP contribution in [0.15, 0.2) is 42.6 Å². The van der Waals surface area contributed by atoms with E-state index in [0.717, 1.165) is 22.4 Å². The van der Waals surface area contributed by atoms with Crippen LogP contribution in [0.1, 0.15) is 23.7 Å². The van der Waals surface area contributed by atoms with Gasteiger partial charge in [-0.2, -0.15) is 0 Å². The first-order valence-corrected chi connectivity index (χ1v) is 6.44. The number of nitrogens with one attached hydrogen (secondary N) is 1. The van der Waals surface area contributed by atoms with Gasteiger partial charge in [0.1, 0.15) is 0 Å². The quantitative estimate of drug-likeness (QED) is 0.783. The Kier molecular flexibility index (Phi) is 3.82. The minimum atomic E-state index is 0.539. The summed E-state index contributed by atoms with van der Waals surface area (Å²) in [6, 6.07) is 8.20. The first kappa shape index (κ1) is 13.5. The molecule has 2 rings (SSSR count). The zero-order valence-electron chi connectivity index (χ0n) is 11.1. The van der Waals surface area contributed by atoms with Crippen molar-refractivity contribution in [1.29, 1.82) is 0 Å². The van der Waals surface area contributed by atoms with Crippen molar-refractivity contribution in [3.05, 3.63) is 64.5 Å². The second-order valence-electron chi connectivity index (χ2n) is 4.62. The molecule has 0 aliphatic heterocycles. The number of hydrogen-bond acceptors (Lipinski definition) is 1. The first-order valence-electron chi connectivity index (χ1n) is 6.06. The number of benzene rings is 1. The second-order valence-corrected chi connectivity index (χ2v) is 5.02. The van der Waals surface area contributed by atoms with Crippen LogP contribution in [-0.2, 0) is 0 Å². The van der Waals surface area contributed by atoms with E-state index in [2.05, 4.69) is 30.6 Å². The Morgan fingerprint density at radius 2 is 2.05 bits per heavy atom. The molecule has 1 aromatic carbocycles. The number of nitrogen functional groups attached to an aromatic ring is 1. The number of H-pyrrole nitrogens is 1. The van der Waals surface area contributed by atoms with Crippen molar-refractivity contribution in [3.63, 3.8) is 0 Å². The van der Waals surface area contributed by atoms with Crippen molar-refractivity contribution >= 4 is 28.9 Å². The van der Waals surface area contributed by atoms with Crippen LogP contribution in [0.25, 0.3) is 11.6 Å². The Morgan fingerprint density at radius 3 is 2.58 bits per heavy atom. The molecule has 0 unspecified atom stereocenters. The van der Waals surface area contributed by atoms with Gasteiger partial charge in [0.15, 0.2) is 0 Å². The molecular formula is C16H17ClN2. The number of rotatable bonds is 3. The molecule has 0 spiro atoms. The van der Waals surface area contributed by atoms with Gasteiger partial charge in [0, 0.05) is 6.20 Å². The molecule has 0 bridgehead atoms. The van der Waals surface area contributed by atoms with Crippen LogP contribution < -0.4 is 5.73 Å². The second kappa shape index (κ2) is 5.37. The van der Waals surface area contributed by atoms with Gasteiger partial charge in [-0.15, -0.1) is 0 Å². The number of allylic oxidation sites excluding steroid dienone is 2. The average molecular weight is 273 g/mol. The van der Waals surface area contributed by atoms with Gasteiger partial charge in [0.25, 0.3) is 0 Å². The molecule has 1 aromatic heterocycles. The average Bonchev–Trinajstić information content (AvgIpc) is 2.68. The predicted octanol–water partition coefficient (Wildman–Crippen LogP) is 4.68. The van der Waals surface area contributed by atoms with E-state index in [1.165, 1.54) is 5.56 Å². The molecule has 2 aromatic rings. The Bertz CT molecular complexity index is 651. The van der Waals surface area contributed by atoms with Gasteiger partial charge < -0.3 is 10.7 Å². The summed E-state index contributed by atoms with van der Waals surface area (Å²) >= 11 is 5.96. The number of aromatic amines is 1. The number of nitrogens with two attached hydrogens (primary N) is 1. The fourth-order valence-corrected chi connectivity index (χ4v) is 2.15. The summed E-state index contributed by atoms with van der Waals surface area (Å²) in [7, 11) is 0. The lowest BCUT2D eigenvalue weighted by Gasteiger charge is -2.10. The van der Waals surface area contributed by atoms with Crippen molar-refractivity contribution in [3.8, 4) is 0 Å². The monoisotopic (exact) mass is 272 g/mol. The van der Waals surface area contributed by atoms with Gasteiger partial charge in [-0.25, -0.2) is 0 Å². The molecule has 0 fully saturated rings. The third kappa shape index (κ3) is 2.74. The zero-order chi connectivity index (χ0) is 14.0. The van der Waals surface area contributed by atoms with Crippen LogP contribution in [0.4, 0.5) is 5.69 Å². The molecule has 3 N–H and O–H groups in total. The van der Waals surface area contributed by atoms with Gasteiger partial charge in [-0.3, -0.25) is 0 Å². The molecule has 98 valence electrons. The summed E-state index contributed by atoms with van der Waals surface area (Å²) in [5.74, 6) is 0. The van der Waals surface area contributed by atoms with Gasteiger partial charge >= 0.3 is 0 Å². The van der Waals surface area contributed by atoms with Crippen LogP contribution in [0, 0.1) is 6.92 Å². The zero-order valence-corrected chi connectivity index (χ0v) is 11.9. The Hall–Kier alpha value is -1.93. The smallest absolute Gasteiger partial charge is 0.0816 e. The first-order chi connectivity index (χ1) is 9.00. The molecule has 1 heterocycles. The normalized spacial score (nSPS) is 11.6. The minimum absolute atomic E-state index is 0.539. The minimum Gasteiger partial charge on any atom is -0.396 e. The largest absolute Gasteiger partial charge is 0.396 e. The van der Waals surface area contributed by atoms with Crippen LogP contribution in [0.3, 0.4) is 0 Å². The van der Waals surface area contributed by atoms with Crippen molar-refractivity contribution in [2.24, 2.45) is 0 Å². The Morgan fingerprint density at radius 1 is 1.37 bits per heavy atom. The van der Waals surface area contributed by atoms with E-state index >= 15 is 0 Å². The number of aromatic nitrogens is 1. The maximum Gasteiger partial charge on any atom is 0.0816 e. The summed E-state index contributed by atoms with van der Waals surface area (Å²) < 4.78 is 0. The number of aryl methyl sites for hydroxylation is 1. The van der Waals surface area contributed by atoms with Crippen LogP contribution in [0.2, 0.25) is 5.02 Å². The molecule has 0 aliphatic carbocycles. The van der Waals surface area contributed by atoms with Crippen LogP contribution >= 0.6 is 11.6 Å². The predicted molar refractivity (Wildman–Crippen MR) is 84.1 cm³/mol. The highest BCUT2D eigenvalue weighted by molar-refractivity contribution is 6.33. The molecule has 3 heteroatoms. The maximum absolute atomic E-state index is 5.96. The summed E-state index contributed by atoms with van der Waals surface area (Å²) in [6.07, 6.45) is 3.68. The molecule has 19 heavy (non-hydrogen) atoms. The van der Waals surface area contributed by atoms with Crippen molar-refractivity contribution in [1.82, 2.24) is 4.98 Å². The fourth-order valence-electron chi connectivity index (χ4n) is 1.99. The van der Waals surface area contributed by atoms with E-state index < -0.39 is 0 Å². The summed E-state index contributed by atoms with van der Waals surface area (Å²) in [6.45, 7) is 8.12. The lowest BCUT2D eigenvalue weighted by Crippen LogP contribution is -1.92. The van der Waals surface area contributed by atoms with Crippen molar-refractivity contribution in [2.45, 2.75) is 13.8 Å². The highest BCUT2D eigenvalue weighted by atomic mass is 35.5. The molecule has 0 saturated carbocycles. The Labute approximate surface area is 118 Å².